The second-order valence-corrected chi connectivity index (χ2v) is 7.28. The average Bonchev–Trinajstić information content (AvgIpc) is 2.60. The number of hydrogen-bond acceptors (Lipinski definition) is 3. The van der Waals surface area contributed by atoms with Gasteiger partial charge < -0.3 is 15.0 Å². The minimum atomic E-state index is -0.529. The zero-order valence-corrected chi connectivity index (χ0v) is 15.9. The number of halogens is 1. The van der Waals surface area contributed by atoms with E-state index < -0.39 is 6.04 Å². The van der Waals surface area contributed by atoms with Crippen molar-refractivity contribution in [3.63, 3.8) is 0 Å². The largest absolute Gasteiger partial charge is 0.375 e. The molecule has 0 spiro atoms. The van der Waals surface area contributed by atoms with Gasteiger partial charge in [-0.3, -0.25) is 9.59 Å². The van der Waals surface area contributed by atoms with Crippen LogP contribution in [0.4, 0.5) is 0 Å². The van der Waals surface area contributed by atoms with Gasteiger partial charge in [0.1, 0.15) is 6.04 Å². The van der Waals surface area contributed by atoms with E-state index in [1.54, 1.807) is 24.3 Å². The van der Waals surface area contributed by atoms with E-state index in [9.17, 15) is 9.59 Å². The summed E-state index contributed by atoms with van der Waals surface area (Å²) in [6.45, 7) is 7.84. The lowest BCUT2D eigenvalue weighted by Crippen LogP contribution is -2.54. The van der Waals surface area contributed by atoms with E-state index in [0.717, 1.165) is 6.42 Å². The number of carbonyl (C=O) groups excluding carboxylic acids is 2. The molecule has 2 amide bonds. The van der Waals surface area contributed by atoms with Gasteiger partial charge in [-0.2, -0.15) is 0 Å². The van der Waals surface area contributed by atoms with Crippen LogP contribution >= 0.6 is 11.6 Å². The number of hydrogen-bond donors (Lipinski definition) is 1. The van der Waals surface area contributed by atoms with Crippen LogP contribution in [-0.2, 0) is 9.53 Å². The Labute approximate surface area is 154 Å². The van der Waals surface area contributed by atoms with E-state index in [1.165, 1.54) is 0 Å². The second-order valence-electron chi connectivity index (χ2n) is 6.85. The van der Waals surface area contributed by atoms with Crippen LogP contribution in [0.5, 0.6) is 0 Å². The van der Waals surface area contributed by atoms with Crippen LogP contribution in [0.1, 0.15) is 44.0 Å². The standard InChI is InChI=1S/C19H27ClN2O3/c1-4-16-12-22(9-10-25-16)19(24)17(11-13(2)3)21-18(23)14-5-7-15(20)8-6-14/h5-8,13,16-17H,4,9-12H2,1-3H3,(H,21,23)/t16-,17-/m0/s1. The number of amides is 2. The molecule has 1 aliphatic heterocycles. The van der Waals surface area contributed by atoms with Crippen molar-refractivity contribution in [2.75, 3.05) is 19.7 Å². The highest BCUT2D eigenvalue weighted by atomic mass is 35.5. The van der Waals surface area contributed by atoms with E-state index in [0.29, 0.717) is 42.6 Å². The number of rotatable bonds is 6. The molecule has 0 bridgehead atoms. The number of carbonyl (C=O) groups is 2. The summed E-state index contributed by atoms with van der Waals surface area (Å²) in [6.07, 6.45) is 1.55. The molecule has 6 heteroatoms. The van der Waals surface area contributed by atoms with Gasteiger partial charge in [0.05, 0.1) is 12.7 Å². The van der Waals surface area contributed by atoms with Crippen LogP contribution in [0.3, 0.4) is 0 Å². The van der Waals surface area contributed by atoms with Crippen molar-refractivity contribution in [2.45, 2.75) is 45.8 Å². The normalized spacial score (nSPS) is 18.9. The van der Waals surface area contributed by atoms with Crippen LogP contribution in [0.15, 0.2) is 24.3 Å². The quantitative estimate of drug-likeness (QED) is 0.841. The zero-order valence-electron chi connectivity index (χ0n) is 15.1. The first-order chi connectivity index (χ1) is 11.9. The lowest BCUT2D eigenvalue weighted by atomic mass is 10.0. The highest BCUT2D eigenvalue weighted by Crippen LogP contribution is 2.15. The number of nitrogens with zero attached hydrogens (tertiary/aromatic N) is 1. The first-order valence-corrected chi connectivity index (χ1v) is 9.25. The Bertz CT molecular complexity index is 589. The molecule has 0 aliphatic carbocycles. The molecular formula is C19H27ClN2O3. The maximum atomic E-state index is 13.0. The maximum Gasteiger partial charge on any atom is 0.251 e. The van der Waals surface area contributed by atoms with Crippen molar-refractivity contribution in [2.24, 2.45) is 5.92 Å². The maximum absolute atomic E-state index is 13.0. The molecule has 0 radical (unpaired) electrons. The Morgan fingerprint density at radius 2 is 2.00 bits per heavy atom. The summed E-state index contributed by atoms with van der Waals surface area (Å²) in [5.74, 6) is 0.0104. The Morgan fingerprint density at radius 1 is 1.32 bits per heavy atom. The lowest BCUT2D eigenvalue weighted by Gasteiger charge is -2.35. The number of ether oxygens (including phenoxy) is 1. The van der Waals surface area contributed by atoms with Gasteiger partial charge in [0.15, 0.2) is 0 Å². The minimum absolute atomic E-state index is 0.0298. The molecule has 5 nitrogen and oxygen atoms in total. The van der Waals surface area contributed by atoms with Gasteiger partial charge in [0.25, 0.3) is 5.91 Å². The van der Waals surface area contributed by atoms with Gasteiger partial charge in [0.2, 0.25) is 5.91 Å². The first kappa shape index (κ1) is 19.7. The second kappa shape index (κ2) is 9.20. The molecule has 1 aromatic rings. The van der Waals surface area contributed by atoms with Gasteiger partial charge in [0, 0.05) is 23.7 Å². The van der Waals surface area contributed by atoms with Crippen LogP contribution < -0.4 is 5.32 Å². The van der Waals surface area contributed by atoms with E-state index in [4.69, 9.17) is 16.3 Å². The molecule has 1 heterocycles. The van der Waals surface area contributed by atoms with Gasteiger partial charge in [-0.25, -0.2) is 0 Å². The van der Waals surface area contributed by atoms with Crippen molar-refractivity contribution >= 4 is 23.4 Å². The molecule has 1 fully saturated rings. The Balaban J connectivity index is 2.08. The summed E-state index contributed by atoms with van der Waals surface area (Å²) in [5.41, 5.74) is 0.499. The fraction of sp³-hybridized carbons (Fsp3) is 0.579. The van der Waals surface area contributed by atoms with Crippen LogP contribution in [0.25, 0.3) is 0 Å². The third kappa shape index (κ3) is 5.72. The minimum Gasteiger partial charge on any atom is -0.375 e. The average molecular weight is 367 g/mol. The molecule has 25 heavy (non-hydrogen) atoms. The smallest absolute Gasteiger partial charge is 0.251 e. The van der Waals surface area contributed by atoms with E-state index in [2.05, 4.69) is 5.32 Å². The summed E-state index contributed by atoms with van der Waals surface area (Å²) in [4.78, 5) is 27.3. The first-order valence-electron chi connectivity index (χ1n) is 8.87. The van der Waals surface area contributed by atoms with E-state index in [-0.39, 0.29) is 17.9 Å². The van der Waals surface area contributed by atoms with Crippen LogP contribution in [0, 0.1) is 5.92 Å². The fourth-order valence-corrected chi connectivity index (χ4v) is 3.05. The van der Waals surface area contributed by atoms with Crippen LogP contribution in [-0.4, -0.2) is 48.6 Å². The summed E-state index contributed by atoms with van der Waals surface area (Å²) >= 11 is 5.87. The SMILES string of the molecule is CC[C@H]1CN(C(=O)[C@H](CC(C)C)NC(=O)c2ccc(Cl)cc2)CCO1. The van der Waals surface area contributed by atoms with Gasteiger partial charge in [-0.05, 0) is 43.0 Å². The predicted molar refractivity (Wildman–Crippen MR) is 98.8 cm³/mol. The Hall–Kier alpha value is -1.59. The molecule has 0 aromatic heterocycles. The Morgan fingerprint density at radius 3 is 2.60 bits per heavy atom. The molecule has 1 aliphatic rings. The van der Waals surface area contributed by atoms with Crippen molar-refractivity contribution < 1.29 is 14.3 Å². The number of benzene rings is 1. The molecular weight excluding hydrogens is 340 g/mol. The fourth-order valence-electron chi connectivity index (χ4n) is 2.92. The zero-order chi connectivity index (χ0) is 18.4. The molecule has 2 rings (SSSR count). The topological polar surface area (TPSA) is 58.6 Å². The molecule has 1 N–H and O–H groups in total. The van der Waals surface area contributed by atoms with E-state index >= 15 is 0 Å². The van der Waals surface area contributed by atoms with Gasteiger partial charge in [-0.15, -0.1) is 0 Å². The monoisotopic (exact) mass is 366 g/mol. The van der Waals surface area contributed by atoms with Gasteiger partial charge in [-0.1, -0.05) is 32.4 Å². The van der Waals surface area contributed by atoms with Crippen molar-refractivity contribution in [1.82, 2.24) is 10.2 Å². The Kier molecular flexibility index (Phi) is 7.26. The van der Waals surface area contributed by atoms with E-state index in [1.807, 2.05) is 25.7 Å². The molecule has 0 unspecified atom stereocenters. The summed E-state index contributed by atoms with van der Waals surface area (Å²) in [6, 6.07) is 6.14. The summed E-state index contributed by atoms with van der Waals surface area (Å²) < 4.78 is 5.64. The lowest BCUT2D eigenvalue weighted by molar-refractivity contribution is -0.141. The van der Waals surface area contributed by atoms with Crippen molar-refractivity contribution in [1.29, 1.82) is 0 Å². The van der Waals surface area contributed by atoms with Gasteiger partial charge >= 0.3 is 0 Å². The highest BCUT2D eigenvalue weighted by molar-refractivity contribution is 6.30. The summed E-state index contributed by atoms with van der Waals surface area (Å²) in [7, 11) is 0. The molecule has 2 atom stereocenters. The third-order valence-electron chi connectivity index (χ3n) is 4.32. The third-order valence-corrected chi connectivity index (χ3v) is 4.57. The summed E-state index contributed by atoms with van der Waals surface area (Å²) in [5, 5.41) is 3.47. The van der Waals surface area contributed by atoms with Crippen molar-refractivity contribution in [3.8, 4) is 0 Å². The molecule has 0 saturated carbocycles. The molecule has 1 saturated heterocycles. The molecule has 1 aromatic carbocycles. The molecule has 138 valence electrons. The predicted octanol–water partition coefficient (Wildman–Crippen LogP) is 3.12. The highest BCUT2D eigenvalue weighted by Gasteiger charge is 2.30. The number of morpholine rings is 1. The van der Waals surface area contributed by atoms with Crippen LogP contribution in [0.2, 0.25) is 5.02 Å². The van der Waals surface area contributed by atoms with Crippen molar-refractivity contribution in [3.05, 3.63) is 34.9 Å². The number of nitrogens with one attached hydrogen (secondary N) is 1.